The van der Waals surface area contributed by atoms with E-state index in [0.29, 0.717) is 16.9 Å². The smallest absolute Gasteiger partial charge is 0.251 e. The third kappa shape index (κ3) is 3.57. The number of likely N-dealkylation sites (N-methyl/N-ethyl adjacent to an activating group) is 1. The van der Waals surface area contributed by atoms with Crippen LogP contribution >= 0.6 is 0 Å². The molecule has 1 aliphatic heterocycles. The zero-order chi connectivity index (χ0) is 17.1. The van der Waals surface area contributed by atoms with Gasteiger partial charge in [0.15, 0.2) is 0 Å². The molecule has 1 amide bonds. The Hall–Kier alpha value is -2.40. The van der Waals surface area contributed by atoms with Crippen LogP contribution in [0.2, 0.25) is 0 Å². The second kappa shape index (κ2) is 7.01. The zero-order valence-electron chi connectivity index (χ0n) is 13.9. The highest BCUT2D eigenvalue weighted by molar-refractivity contribution is 5.94. The maximum absolute atomic E-state index is 14.0. The minimum Gasteiger partial charge on any atom is -0.491 e. The van der Waals surface area contributed by atoms with Gasteiger partial charge in [-0.05, 0) is 50.3 Å². The molecule has 1 atom stereocenters. The monoisotopic (exact) mass is 328 g/mol. The number of halogens is 1. The number of hydrogen-bond acceptors (Lipinski definition) is 3. The molecular weight excluding hydrogens is 307 g/mol. The van der Waals surface area contributed by atoms with E-state index in [-0.39, 0.29) is 18.3 Å². The minimum atomic E-state index is -0.456. The van der Waals surface area contributed by atoms with E-state index in [2.05, 4.69) is 10.2 Å². The second-order valence-electron chi connectivity index (χ2n) is 6.24. The number of amides is 1. The Morgan fingerprint density at radius 3 is 2.71 bits per heavy atom. The lowest BCUT2D eigenvalue weighted by Gasteiger charge is -2.13. The first kappa shape index (κ1) is 16.5. The van der Waals surface area contributed by atoms with Crippen molar-refractivity contribution in [2.75, 3.05) is 27.2 Å². The zero-order valence-corrected chi connectivity index (χ0v) is 13.9. The van der Waals surface area contributed by atoms with Crippen LogP contribution in [0, 0.1) is 5.82 Å². The first-order chi connectivity index (χ1) is 11.5. The van der Waals surface area contributed by atoms with Crippen molar-refractivity contribution in [1.82, 2.24) is 10.2 Å². The normalized spacial score (nSPS) is 15.9. The van der Waals surface area contributed by atoms with Crippen LogP contribution in [0.4, 0.5) is 4.39 Å². The van der Waals surface area contributed by atoms with E-state index < -0.39 is 6.04 Å². The lowest BCUT2D eigenvalue weighted by Crippen LogP contribution is -2.29. The molecule has 24 heavy (non-hydrogen) atoms. The number of carbonyl (C=O) groups excluding carboxylic acids is 1. The molecular formula is C19H21FN2O2. The lowest BCUT2D eigenvalue weighted by atomic mass is 10.1. The molecule has 4 nitrogen and oxygen atoms in total. The van der Waals surface area contributed by atoms with Crippen molar-refractivity contribution in [1.29, 1.82) is 0 Å². The molecule has 3 rings (SSSR count). The minimum absolute atomic E-state index is 0.223. The average Bonchev–Trinajstić information content (AvgIpc) is 2.97. The number of ether oxygens (including phenoxy) is 1. The summed E-state index contributed by atoms with van der Waals surface area (Å²) in [4.78, 5) is 14.5. The van der Waals surface area contributed by atoms with Crippen molar-refractivity contribution >= 4 is 5.91 Å². The van der Waals surface area contributed by atoms with E-state index in [1.807, 2.05) is 26.2 Å². The summed E-state index contributed by atoms with van der Waals surface area (Å²) in [5.41, 5.74) is 2.17. The van der Waals surface area contributed by atoms with Gasteiger partial charge in [0.25, 0.3) is 5.91 Å². The molecule has 2 aromatic carbocycles. The van der Waals surface area contributed by atoms with Crippen LogP contribution in [0.15, 0.2) is 42.5 Å². The maximum Gasteiger partial charge on any atom is 0.251 e. The number of rotatable bonds is 5. The number of hydrogen-bond donors (Lipinski definition) is 1. The molecule has 1 N–H and O–H groups in total. The standard InChI is InChI=1S/C19H21FN2O2/c1-22(2)11-10-13-6-8-14(9-7-13)19(23)21-16-12-24-17-5-3-4-15(20)18(16)17/h3-9,16H,10-12H2,1-2H3,(H,21,23). The molecule has 0 aromatic heterocycles. The topological polar surface area (TPSA) is 41.6 Å². The second-order valence-corrected chi connectivity index (χ2v) is 6.24. The maximum atomic E-state index is 14.0. The summed E-state index contributed by atoms with van der Waals surface area (Å²) >= 11 is 0. The first-order valence-corrected chi connectivity index (χ1v) is 8.00. The summed E-state index contributed by atoms with van der Waals surface area (Å²) in [5, 5.41) is 2.85. The van der Waals surface area contributed by atoms with Crippen LogP contribution in [0.3, 0.4) is 0 Å². The highest BCUT2D eigenvalue weighted by Crippen LogP contribution is 2.34. The molecule has 0 fully saturated rings. The van der Waals surface area contributed by atoms with Gasteiger partial charge in [-0.15, -0.1) is 0 Å². The molecule has 126 valence electrons. The predicted octanol–water partition coefficient (Wildman–Crippen LogP) is 2.79. The molecule has 2 aromatic rings. The fourth-order valence-corrected chi connectivity index (χ4v) is 2.77. The van der Waals surface area contributed by atoms with Gasteiger partial charge in [-0.1, -0.05) is 18.2 Å². The van der Waals surface area contributed by atoms with E-state index in [1.165, 1.54) is 11.6 Å². The SMILES string of the molecule is CN(C)CCc1ccc(C(=O)NC2COc3cccc(F)c32)cc1. The van der Waals surface area contributed by atoms with Crippen LogP contribution in [-0.4, -0.2) is 38.1 Å². The summed E-state index contributed by atoms with van der Waals surface area (Å²) in [7, 11) is 4.06. The number of nitrogens with zero attached hydrogens (tertiary/aromatic N) is 1. The number of carbonyl (C=O) groups is 1. The Kier molecular flexibility index (Phi) is 4.81. The van der Waals surface area contributed by atoms with Crippen LogP contribution < -0.4 is 10.1 Å². The Bertz CT molecular complexity index is 729. The van der Waals surface area contributed by atoms with Crippen molar-refractivity contribution in [3.05, 3.63) is 65.0 Å². The van der Waals surface area contributed by atoms with E-state index in [4.69, 9.17) is 4.74 Å². The van der Waals surface area contributed by atoms with Gasteiger partial charge in [-0.3, -0.25) is 4.79 Å². The van der Waals surface area contributed by atoms with Gasteiger partial charge >= 0.3 is 0 Å². The van der Waals surface area contributed by atoms with E-state index in [9.17, 15) is 9.18 Å². The van der Waals surface area contributed by atoms with Crippen LogP contribution in [0.1, 0.15) is 27.5 Å². The highest BCUT2D eigenvalue weighted by Gasteiger charge is 2.29. The molecule has 5 heteroatoms. The van der Waals surface area contributed by atoms with Crippen LogP contribution in [-0.2, 0) is 6.42 Å². The highest BCUT2D eigenvalue weighted by atomic mass is 19.1. The molecule has 1 aliphatic rings. The summed E-state index contributed by atoms with van der Waals surface area (Å²) in [6.07, 6.45) is 0.934. The molecule has 1 heterocycles. The number of nitrogens with one attached hydrogen (secondary N) is 1. The third-order valence-electron chi connectivity index (χ3n) is 4.14. The van der Waals surface area contributed by atoms with Gasteiger partial charge in [0.05, 0.1) is 11.6 Å². The van der Waals surface area contributed by atoms with Gasteiger partial charge in [0.2, 0.25) is 0 Å². The molecule has 0 bridgehead atoms. The summed E-state index contributed by atoms with van der Waals surface area (Å²) in [6, 6.07) is 11.8. The third-order valence-corrected chi connectivity index (χ3v) is 4.14. The molecule has 0 spiro atoms. The van der Waals surface area contributed by atoms with Crippen LogP contribution in [0.25, 0.3) is 0 Å². The van der Waals surface area contributed by atoms with Gasteiger partial charge < -0.3 is 15.0 Å². The van der Waals surface area contributed by atoms with Gasteiger partial charge in [-0.2, -0.15) is 0 Å². The quantitative estimate of drug-likeness (QED) is 0.918. The Labute approximate surface area is 141 Å². The van der Waals surface area contributed by atoms with Crippen molar-refractivity contribution in [2.24, 2.45) is 0 Å². The van der Waals surface area contributed by atoms with E-state index in [0.717, 1.165) is 13.0 Å². The first-order valence-electron chi connectivity index (χ1n) is 8.00. The number of fused-ring (bicyclic) bond motifs is 1. The van der Waals surface area contributed by atoms with Crippen LogP contribution in [0.5, 0.6) is 5.75 Å². The Morgan fingerprint density at radius 1 is 1.25 bits per heavy atom. The summed E-state index contributed by atoms with van der Waals surface area (Å²) in [6.45, 7) is 1.21. The van der Waals surface area contributed by atoms with Crippen molar-refractivity contribution in [2.45, 2.75) is 12.5 Å². The van der Waals surface area contributed by atoms with Gasteiger partial charge in [0.1, 0.15) is 18.2 Å². The van der Waals surface area contributed by atoms with Crippen molar-refractivity contribution in [3.63, 3.8) is 0 Å². The summed E-state index contributed by atoms with van der Waals surface area (Å²) < 4.78 is 19.4. The number of benzene rings is 2. The summed E-state index contributed by atoms with van der Waals surface area (Å²) in [5.74, 6) is -0.0764. The molecule has 0 radical (unpaired) electrons. The predicted molar refractivity (Wildman–Crippen MR) is 90.8 cm³/mol. The largest absolute Gasteiger partial charge is 0.491 e. The molecule has 0 saturated carbocycles. The Balaban J connectivity index is 1.66. The van der Waals surface area contributed by atoms with Crippen molar-refractivity contribution < 1.29 is 13.9 Å². The average molecular weight is 328 g/mol. The Morgan fingerprint density at radius 2 is 2.00 bits per heavy atom. The lowest BCUT2D eigenvalue weighted by molar-refractivity contribution is 0.0930. The van der Waals surface area contributed by atoms with Crippen molar-refractivity contribution in [3.8, 4) is 5.75 Å². The molecule has 0 aliphatic carbocycles. The molecule has 0 saturated heterocycles. The molecule has 1 unspecified atom stereocenters. The fourth-order valence-electron chi connectivity index (χ4n) is 2.77. The fraction of sp³-hybridized carbons (Fsp3) is 0.316. The van der Waals surface area contributed by atoms with E-state index in [1.54, 1.807) is 24.3 Å². The van der Waals surface area contributed by atoms with E-state index >= 15 is 0 Å². The van der Waals surface area contributed by atoms with Gasteiger partial charge in [-0.25, -0.2) is 4.39 Å². The van der Waals surface area contributed by atoms with Gasteiger partial charge in [0, 0.05) is 12.1 Å².